The summed E-state index contributed by atoms with van der Waals surface area (Å²) in [5.41, 5.74) is 0.680. The molecule has 0 aliphatic rings. The highest BCUT2D eigenvalue weighted by Crippen LogP contribution is 2.27. The normalized spacial score (nSPS) is 11.6. The first-order valence-electron chi connectivity index (χ1n) is 7.22. The van der Waals surface area contributed by atoms with Crippen LogP contribution in [0.3, 0.4) is 0 Å². The van der Waals surface area contributed by atoms with Gasteiger partial charge in [-0.2, -0.15) is 0 Å². The fourth-order valence-electron chi connectivity index (χ4n) is 2.01. The second-order valence-electron chi connectivity index (χ2n) is 5.14. The number of methoxy groups -OCH3 is 1. The molecule has 0 fully saturated rings. The van der Waals surface area contributed by atoms with Crippen LogP contribution in [0.25, 0.3) is 0 Å². The van der Waals surface area contributed by atoms with E-state index in [4.69, 9.17) is 39.5 Å². The Hall–Kier alpha value is -1.95. The van der Waals surface area contributed by atoms with Crippen LogP contribution in [0.1, 0.15) is 17.3 Å². The molecule has 2 aromatic carbocycles. The van der Waals surface area contributed by atoms with E-state index in [0.717, 1.165) is 0 Å². The van der Waals surface area contributed by atoms with Crippen LogP contribution in [0.15, 0.2) is 36.4 Å². The summed E-state index contributed by atoms with van der Waals surface area (Å²) < 4.78 is 5.05. The topological polar surface area (TPSA) is 67.4 Å². The van der Waals surface area contributed by atoms with Crippen molar-refractivity contribution in [3.8, 4) is 5.75 Å². The average molecular weight is 402 g/mol. The number of hydrogen-bond donors (Lipinski definition) is 2. The van der Waals surface area contributed by atoms with E-state index >= 15 is 0 Å². The number of nitrogens with one attached hydrogen (secondary N) is 2. The van der Waals surface area contributed by atoms with Crippen molar-refractivity contribution in [3.05, 3.63) is 57.0 Å². The first-order valence-corrected chi connectivity index (χ1v) is 8.36. The van der Waals surface area contributed by atoms with Crippen LogP contribution in [-0.2, 0) is 4.79 Å². The lowest BCUT2D eigenvalue weighted by Crippen LogP contribution is -2.41. The van der Waals surface area contributed by atoms with Crippen LogP contribution >= 0.6 is 34.8 Å². The van der Waals surface area contributed by atoms with Crippen molar-refractivity contribution < 1.29 is 14.3 Å². The van der Waals surface area contributed by atoms with Crippen molar-refractivity contribution in [1.29, 1.82) is 0 Å². The molecule has 0 aromatic heterocycles. The zero-order valence-corrected chi connectivity index (χ0v) is 15.7. The molecule has 0 spiro atoms. The van der Waals surface area contributed by atoms with Crippen LogP contribution in [0.5, 0.6) is 5.75 Å². The molecule has 2 aromatic rings. The summed E-state index contributed by atoms with van der Waals surface area (Å²) in [6.45, 7) is 1.55. The van der Waals surface area contributed by atoms with E-state index in [-0.39, 0.29) is 15.6 Å². The average Bonchev–Trinajstić information content (AvgIpc) is 2.57. The highest BCUT2D eigenvalue weighted by molar-refractivity contribution is 6.43. The van der Waals surface area contributed by atoms with Crippen molar-refractivity contribution in [1.82, 2.24) is 5.32 Å². The fourth-order valence-corrected chi connectivity index (χ4v) is 2.66. The molecule has 0 radical (unpaired) electrons. The zero-order chi connectivity index (χ0) is 18.6. The third kappa shape index (κ3) is 4.78. The maximum absolute atomic E-state index is 12.3. The van der Waals surface area contributed by atoms with Gasteiger partial charge in [0.1, 0.15) is 11.8 Å². The molecular weight excluding hydrogens is 387 g/mol. The van der Waals surface area contributed by atoms with Gasteiger partial charge in [0.15, 0.2) is 0 Å². The Morgan fingerprint density at radius 3 is 2.44 bits per heavy atom. The van der Waals surface area contributed by atoms with Gasteiger partial charge in [0.2, 0.25) is 5.91 Å². The Balaban J connectivity index is 2.04. The van der Waals surface area contributed by atoms with Gasteiger partial charge in [0, 0.05) is 5.69 Å². The van der Waals surface area contributed by atoms with Crippen LogP contribution in [0.4, 0.5) is 5.69 Å². The molecule has 1 atom stereocenters. The predicted octanol–water partition coefficient (Wildman–Crippen LogP) is 4.41. The molecule has 0 aliphatic carbocycles. The van der Waals surface area contributed by atoms with Crippen LogP contribution in [0, 0.1) is 0 Å². The van der Waals surface area contributed by atoms with E-state index in [9.17, 15) is 9.59 Å². The summed E-state index contributed by atoms with van der Waals surface area (Å²) in [6.07, 6.45) is 0. The quantitative estimate of drug-likeness (QED) is 0.779. The van der Waals surface area contributed by atoms with Gasteiger partial charge in [-0.05, 0) is 37.3 Å². The molecule has 0 aliphatic heterocycles. The van der Waals surface area contributed by atoms with Crippen molar-refractivity contribution in [2.24, 2.45) is 0 Å². The first kappa shape index (κ1) is 19.4. The standard InChI is InChI=1S/C17H15Cl3N2O3/c1-9(21-17(24)11-4-3-5-12(18)15(11)20)16(23)22-10-6-7-14(25-2)13(19)8-10/h3-9H,1-2H3,(H,21,24)(H,22,23). The summed E-state index contributed by atoms with van der Waals surface area (Å²) in [6, 6.07) is 8.73. The van der Waals surface area contributed by atoms with Gasteiger partial charge in [0.25, 0.3) is 5.91 Å². The highest BCUT2D eigenvalue weighted by atomic mass is 35.5. The molecule has 5 nitrogen and oxygen atoms in total. The van der Waals surface area contributed by atoms with E-state index in [0.29, 0.717) is 16.5 Å². The largest absolute Gasteiger partial charge is 0.495 e. The number of carbonyl (C=O) groups excluding carboxylic acids is 2. The van der Waals surface area contributed by atoms with Gasteiger partial charge in [-0.25, -0.2) is 0 Å². The van der Waals surface area contributed by atoms with E-state index in [2.05, 4.69) is 10.6 Å². The molecular formula is C17H15Cl3N2O3. The summed E-state index contributed by atoms with van der Waals surface area (Å²) >= 11 is 17.9. The lowest BCUT2D eigenvalue weighted by molar-refractivity contribution is -0.117. The summed E-state index contributed by atoms with van der Waals surface area (Å²) in [4.78, 5) is 24.5. The molecule has 8 heteroatoms. The monoisotopic (exact) mass is 400 g/mol. The number of carbonyl (C=O) groups is 2. The second-order valence-corrected chi connectivity index (χ2v) is 6.33. The minimum atomic E-state index is -0.802. The molecule has 132 valence electrons. The smallest absolute Gasteiger partial charge is 0.253 e. The minimum absolute atomic E-state index is 0.135. The van der Waals surface area contributed by atoms with E-state index < -0.39 is 17.9 Å². The second kappa shape index (κ2) is 8.43. The van der Waals surface area contributed by atoms with Crippen LogP contribution in [-0.4, -0.2) is 25.0 Å². The van der Waals surface area contributed by atoms with E-state index in [1.807, 2.05) is 0 Å². The third-order valence-corrected chi connectivity index (χ3v) is 4.47. The van der Waals surface area contributed by atoms with E-state index in [1.165, 1.54) is 13.2 Å². The maximum Gasteiger partial charge on any atom is 0.253 e. The van der Waals surface area contributed by atoms with Crippen molar-refractivity contribution in [2.45, 2.75) is 13.0 Å². The Kier molecular flexibility index (Phi) is 6.53. The van der Waals surface area contributed by atoms with Gasteiger partial charge in [-0.3, -0.25) is 9.59 Å². The van der Waals surface area contributed by atoms with Crippen LogP contribution < -0.4 is 15.4 Å². The maximum atomic E-state index is 12.3. The van der Waals surface area contributed by atoms with Gasteiger partial charge in [-0.15, -0.1) is 0 Å². The Morgan fingerprint density at radius 1 is 1.08 bits per heavy atom. The number of amides is 2. The van der Waals surface area contributed by atoms with Crippen molar-refractivity contribution in [3.63, 3.8) is 0 Å². The molecule has 2 rings (SSSR count). The highest BCUT2D eigenvalue weighted by Gasteiger charge is 2.19. The summed E-state index contributed by atoms with van der Waals surface area (Å²) in [5.74, 6) is -0.410. The fraction of sp³-hybridized carbons (Fsp3) is 0.176. The lowest BCUT2D eigenvalue weighted by atomic mass is 10.2. The van der Waals surface area contributed by atoms with Gasteiger partial charge >= 0.3 is 0 Å². The Morgan fingerprint density at radius 2 is 1.80 bits per heavy atom. The number of hydrogen-bond acceptors (Lipinski definition) is 3. The first-order chi connectivity index (χ1) is 11.8. The Bertz CT molecular complexity index is 812. The molecule has 1 unspecified atom stereocenters. The number of anilines is 1. The SMILES string of the molecule is COc1ccc(NC(=O)C(C)NC(=O)c2cccc(Cl)c2Cl)cc1Cl. The molecule has 0 saturated carbocycles. The summed E-state index contributed by atoms with van der Waals surface area (Å²) in [5, 5.41) is 6.00. The molecule has 0 saturated heterocycles. The Labute approximate surface area is 160 Å². The minimum Gasteiger partial charge on any atom is -0.495 e. The van der Waals surface area contributed by atoms with Crippen LogP contribution in [0.2, 0.25) is 15.1 Å². The number of benzene rings is 2. The predicted molar refractivity (Wildman–Crippen MR) is 100 cm³/mol. The molecule has 0 heterocycles. The molecule has 2 N–H and O–H groups in total. The number of rotatable bonds is 5. The number of halogens is 3. The zero-order valence-electron chi connectivity index (χ0n) is 13.4. The van der Waals surface area contributed by atoms with Crippen molar-refractivity contribution in [2.75, 3.05) is 12.4 Å². The van der Waals surface area contributed by atoms with Gasteiger partial charge in [0.05, 0.1) is 27.7 Å². The molecule has 2 amide bonds. The molecule has 0 bridgehead atoms. The van der Waals surface area contributed by atoms with Gasteiger partial charge < -0.3 is 15.4 Å². The van der Waals surface area contributed by atoms with Crippen molar-refractivity contribution >= 4 is 52.3 Å². The van der Waals surface area contributed by atoms with Gasteiger partial charge in [-0.1, -0.05) is 40.9 Å². The van der Waals surface area contributed by atoms with E-state index in [1.54, 1.807) is 37.3 Å². The third-order valence-electron chi connectivity index (χ3n) is 3.36. The summed E-state index contributed by atoms with van der Waals surface area (Å²) in [7, 11) is 1.50. The number of ether oxygens (including phenoxy) is 1. The molecule has 25 heavy (non-hydrogen) atoms. The lowest BCUT2D eigenvalue weighted by Gasteiger charge is -2.15.